The fourth-order valence-electron chi connectivity index (χ4n) is 0.617. The van der Waals surface area contributed by atoms with Crippen molar-refractivity contribution in [2.45, 2.75) is 0 Å². The normalized spacial score (nSPS) is 9.18. The van der Waals surface area contributed by atoms with Gasteiger partial charge in [-0.2, -0.15) is 0 Å². The maximum atomic E-state index is 10.9. The van der Waals surface area contributed by atoms with Crippen molar-refractivity contribution in [2.24, 2.45) is 0 Å². The number of hydrogen-bond acceptors (Lipinski definition) is 4. The second-order valence-electron chi connectivity index (χ2n) is 1.71. The van der Waals surface area contributed by atoms with Gasteiger partial charge in [0.15, 0.2) is 6.29 Å². The highest BCUT2D eigenvalue weighted by Crippen LogP contribution is 2.11. The zero-order valence-corrected chi connectivity index (χ0v) is 6.60. The first-order chi connectivity index (χ1) is 5.29. The summed E-state index contributed by atoms with van der Waals surface area (Å²) in [6, 6.07) is 1.17. The van der Waals surface area contributed by atoms with Crippen molar-refractivity contribution in [3.63, 3.8) is 0 Å². The molecule has 4 nitrogen and oxygen atoms in total. The molecule has 1 heterocycles. The fraction of sp³-hybridized carbons (Fsp3) is 0. The Labute approximate surface area is 64.5 Å². The van der Waals surface area contributed by atoms with Crippen LogP contribution in [0.3, 0.4) is 0 Å². The number of aldehydes is 1. The average Bonchev–Trinajstić information content (AvgIpc) is 2.04. The summed E-state index contributed by atoms with van der Waals surface area (Å²) in [5, 5.41) is 0. The Kier molecular flexibility index (Phi) is 2.39. The van der Waals surface area contributed by atoms with Gasteiger partial charge in [-0.1, -0.05) is 0 Å². The lowest BCUT2D eigenvalue weighted by Crippen LogP contribution is -2.03. The summed E-state index contributed by atoms with van der Waals surface area (Å²) in [6.45, 7) is 0. The molecule has 5 heteroatoms. The Morgan fingerprint density at radius 1 is 1.64 bits per heavy atom. The molecule has 1 rings (SSSR count). The van der Waals surface area contributed by atoms with Crippen LogP contribution in [0.5, 0.6) is 5.75 Å². The van der Waals surface area contributed by atoms with Crippen molar-refractivity contribution >= 4 is 15.8 Å². The second kappa shape index (κ2) is 3.30. The topological polar surface area (TPSA) is 56.5 Å². The SMILES string of the molecule is O=Cc1occc(=O)c1OP. The van der Waals surface area contributed by atoms with E-state index in [-0.39, 0.29) is 16.9 Å². The van der Waals surface area contributed by atoms with Crippen LogP contribution in [0, 0.1) is 0 Å². The number of carbonyl (C=O) groups excluding carboxylic acids is 1. The van der Waals surface area contributed by atoms with Crippen molar-refractivity contribution in [1.82, 2.24) is 0 Å². The quantitative estimate of drug-likeness (QED) is 0.484. The lowest BCUT2D eigenvalue weighted by Gasteiger charge is -1.97. The van der Waals surface area contributed by atoms with E-state index in [4.69, 9.17) is 0 Å². The summed E-state index contributed by atoms with van der Waals surface area (Å²) < 4.78 is 9.22. The molecule has 0 radical (unpaired) electrons. The summed E-state index contributed by atoms with van der Waals surface area (Å²) in [5.74, 6) is -0.194. The van der Waals surface area contributed by atoms with Crippen molar-refractivity contribution < 1.29 is 13.7 Å². The molecule has 11 heavy (non-hydrogen) atoms. The van der Waals surface area contributed by atoms with Crippen LogP contribution >= 0.6 is 9.47 Å². The van der Waals surface area contributed by atoms with Gasteiger partial charge in [0.25, 0.3) is 0 Å². The molecule has 0 aliphatic rings. The molecule has 0 bridgehead atoms. The molecule has 0 aliphatic heterocycles. The molecule has 0 aromatic carbocycles. The smallest absolute Gasteiger partial charge is 0.227 e. The lowest BCUT2D eigenvalue weighted by molar-refractivity contribution is 0.109. The monoisotopic (exact) mass is 172 g/mol. The van der Waals surface area contributed by atoms with Gasteiger partial charge in [0, 0.05) is 6.07 Å². The minimum absolute atomic E-state index is 0.0903. The van der Waals surface area contributed by atoms with Gasteiger partial charge >= 0.3 is 0 Å². The Hall–Kier alpha value is -1.15. The van der Waals surface area contributed by atoms with E-state index in [2.05, 4.69) is 8.94 Å². The summed E-state index contributed by atoms with van der Waals surface area (Å²) in [5.41, 5.74) is -0.381. The van der Waals surface area contributed by atoms with E-state index in [0.29, 0.717) is 6.29 Å². The molecule has 0 amide bonds. The third kappa shape index (κ3) is 1.46. The van der Waals surface area contributed by atoms with Crippen LogP contribution in [0.1, 0.15) is 10.6 Å². The highest BCUT2D eigenvalue weighted by molar-refractivity contribution is 7.10. The van der Waals surface area contributed by atoms with Gasteiger partial charge in [0.05, 0.1) is 15.7 Å². The van der Waals surface area contributed by atoms with Crippen LogP contribution in [0.4, 0.5) is 0 Å². The van der Waals surface area contributed by atoms with Crippen molar-refractivity contribution in [1.29, 1.82) is 0 Å². The first-order valence-electron chi connectivity index (χ1n) is 2.73. The van der Waals surface area contributed by atoms with E-state index in [1.54, 1.807) is 0 Å². The molecule has 0 saturated carbocycles. The first-order valence-corrected chi connectivity index (χ1v) is 3.20. The van der Waals surface area contributed by atoms with Crippen LogP contribution in [-0.2, 0) is 0 Å². The van der Waals surface area contributed by atoms with Crippen LogP contribution in [0.2, 0.25) is 0 Å². The van der Waals surface area contributed by atoms with E-state index >= 15 is 0 Å². The molecular weight excluding hydrogens is 167 g/mol. The van der Waals surface area contributed by atoms with Gasteiger partial charge in [0.2, 0.25) is 16.9 Å². The summed E-state index contributed by atoms with van der Waals surface area (Å²) >= 11 is 0. The molecule has 1 atom stereocenters. The summed E-state index contributed by atoms with van der Waals surface area (Å²) in [4.78, 5) is 21.1. The first kappa shape index (κ1) is 7.95. The fourth-order valence-corrected chi connectivity index (χ4v) is 0.850. The third-order valence-electron chi connectivity index (χ3n) is 1.09. The van der Waals surface area contributed by atoms with E-state index in [1.165, 1.54) is 6.07 Å². The van der Waals surface area contributed by atoms with E-state index in [1.807, 2.05) is 9.47 Å². The van der Waals surface area contributed by atoms with Gasteiger partial charge in [-0.25, -0.2) is 0 Å². The third-order valence-corrected chi connectivity index (χ3v) is 1.32. The number of rotatable bonds is 2. The molecule has 1 unspecified atom stereocenters. The van der Waals surface area contributed by atoms with Crippen LogP contribution in [-0.4, -0.2) is 6.29 Å². The van der Waals surface area contributed by atoms with Gasteiger partial charge in [-0.3, -0.25) is 9.59 Å². The predicted octanol–water partition coefficient (Wildman–Crippen LogP) is 0.621. The zero-order chi connectivity index (χ0) is 8.27. The van der Waals surface area contributed by atoms with Crippen LogP contribution in [0.15, 0.2) is 21.5 Å². The zero-order valence-electron chi connectivity index (χ0n) is 5.44. The maximum Gasteiger partial charge on any atom is 0.227 e. The molecule has 1 aromatic rings. The molecule has 0 spiro atoms. The van der Waals surface area contributed by atoms with Crippen LogP contribution < -0.4 is 9.95 Å². The standard InChI is InChI=1S/C6H5O4P/c7-3-5-6(10-11)4(8)1-2-9-5/h1-3H,11H2. The molecule has 1 aromatic heterocycles. The summed E-state index contributed by atoms with van der Waals surface area (Å²) in [7, 11) is 1.87. The molecule has 0 aliphatic carbocycles. The van der Waals surface area contributed by atoms with Gasteiger partial charge in [0.1, 0.15) is 0 Å². The van der Waals surface area contributed by atoms with Gasteiger partial charge < -0.3 is 8.94 Å². The number of carbonyl (C=O) groups is 1. The average molecular weight is 172 g/mol. The van der Waals surface area contributed by atoms with Crippen molar-refractivity contribution in [3.05, 3.63) is 28.3 Å². The molecule has 58 valence electrons. The van der Waals surface area contributed by atoms with Crippen molar-refractivity contribution in [3.8, 4) is 5.75 Å². The largest absolute Gasteiger partial charge is 0.472 e. The second-order valence-corrected chi connectivity index (χ2v) is 1.95. The van der Waals surface area contributed by atoms with E-state index in [9.17, 15) is 9.59 Å². The van der Waals surface area contributed by atoms with Crippen LogP contribution in [0.25, 0.3) is 0 Å². The number of hydrogen-bond donors (Lipinski definition) is 0. The predicted molar refractivity (Wildman–Crippen MR) is 40.7 cm³/mol. The van der Waals surface area contributed by atoms with Gasteiger partial charge in [-0.15, -0.1) is 0 Å². The van der Waals surface area contributed by atoms with E-state index < -0.39 is 0 Å². The molecule has 0 saturated heterocycles. The minimum Gasteiger partial charge on any atom is -0.472 e. The highest BCUT2D eigenvalue weighted by Gasteiger charge is 2.06. The summed E-state index contributed by atoms with van der Waals surface area (Å²) in [6.07, 6.45) is 1.56. The molecular formula is C6H5O4P. The Morgan fingerprint density at radius 3 is 2.82 bits per heavy atom. The highest BCUT2D eigenvalue weighted by atomic mass is 31.0. The minimum atomic E-state index is -0.381. The lowest BCUT2D eigenvalue weighted by atomic mass is 10.4. The molecule has 0 N–H and O–H groups in total. The Morgan fingerprint density at radius 2 is 2.36 bits per heavy atom. The maximum absolute atomic E-state index is 10.9. The van der Waals surface area contributed by atoms with Crippen molar-refractivity contribution in [2.75, 3.05) is 0 Å². The van der Waals surface area contributed by atoms with Gasteiger partial charge in [-0.05, 0) is 0 Å². The Balaban J connectivity index is 3.36. The Bertz CT molecular complexity index is 317. The van der Waals surface area contributed by atoms with E-state index in [0.717, 1.165) is 6.26 Å². The molecule has 0 fully saturated rings.